The summed E-state index contributed by atoms with van der Waals surface area (Å²) < 4.78 is 10.3. The molecule has 7 nitrogen and oxygen atoms in total. The molecule has 0 aliphatic carbocycles. The summed E-state index contributed by atoms with van der Waals surface area (Å²) in [7, 11) is 0. The standard InChI is InChI=1S/C27H29ClN4O3/c1-27(2,3)19-12-10-18(11-13-19)15-30-17-29-24-23(30)25(33)31(16-20-7-6-14-35-20)26(34)32(24)22-9-5-4-8-21(22)28/h4-5,8-13,17,20H,6-7,14-16H2,1-3H3. The van der Waals surface area contributed by atoms with Crippen LogP contribution in [0.1, 0.15) is 44.7 Å². The third-order valence-electron chi connectivity index (χ3n) is 6.58. The van der Waals surface area contributed by atoms with Gasteiger partial charge in [0.2, 0.25) is 0 Å². The highest BCUT2D eigenvalue weighted by Crippen LogP contribution is 2.24. The Labute approximate surface area is 208 Å². The highest BCUT2D eigenvalue weighted by atomic mass is 35.5. The number of imidazole rings is 1. The molecular formula is C27H29ClN4O3. The van der Waals surface area contributed by atoms with E-state index in [9.17, 15) is 9.59 Å². The number of nitrogens with zero attached hydrogens (tertiary/aromatic N) is 4. The lowest BCUT2D eigenvalue weighted by molar-refractivity contribution is 0.0950. The smallest absolute Gasteiger partial charge is 0.337 e. The third kappa shape index (κ3) is 4.46. The SMILES string of the molecule is CC(C)(C)c1ccc(Cn2cnc3c2c(=O)n(CC2CCCO2)c(=O)n3-c2ccccc2Cl)cc1. The van der Waals surface area contributed by atoms with Crippen molar-refractivity contribution in [3.8, 4) is 5.69 Å². The maximum absolute atomic E-state index is 13.7. The number of benzene rings is 2. The van der Waals surface area contributed by atoms with Crippen LogP contribution in [-0.2, 0) is 23.2 Å². The Bertz CT molecular complexity index is 1490. The molecule has 2 aromatic carbocycles. The molecule has 1 saturated heterocycles. The second kappa shape index (κ2) is 9.13. The van der Waals surface area contributed by atoms with Crippen molar-refractivity contribution in [3.63, 3.8) is 0 Å². The predicted octanol–water partition coefficient (Wildman–Crippen LogP) is 4.53. The Morgan fingerprint density at radius 1 is 1.09 bits per heavy atom. The van der Waals surface area contributed by atoms with Gasteiger partial charge in [0.15, 0.2) is 11.2 Å². The number of fused-ring (bicyclic) bond motifs is 1. The summed E-state index contributed by atoms with van der Waals surface area (Å²) in [5, 5.41) is 0.408. The number of aromatic nitrogens is 4. The monoisotopic (exact) mass is 492 g/mol. The minimum Gasteiger partial charge on any atom is -0.376 e. The summed E-state index contributed by atoms with van der Waals surface area (Å²) in [6, 6.07) is 15.5. The van der Waals surface area contributed by atoms with E-state index in [4.69, 9.17) is 16.3 Å². The van der Waals surface area contributed by atoms with Crippen molar-refractivity contribution in [3.05, 3.63) is 91.8 Å². The van der Waals surface area contributed by atoms with E-state index in [2.05, 4.69) is 50.0 Å². The molecule has 182 valence electrons. The molecule has 0 spiro atoms. The zero-order valence-corrected chi connectivity index (χ0v) is 21.0. The topological polar surface area (TPSA) is 71.1 Å². The first kappa shape index (κ1) is 23.6. The van der Waals surface area contributed by atoms with E-state index in [1.807, 2.05) is 10.6 Å². The fraction of sp³-hybridized carbons (Fsp3) is 0.370. The van der Waals surface area contributed by atoms with Crippen molar-refractivity contribution in [1.29, 1.82) is 0 Å². The van der Waals surface area contributed by atoms with Crippen LogP contribution in [-0.4, -0.2) is 31.4 Å². The van der Waals surface area contributed by atoms with Crippen molar-refractivity contribution in [1.82, 2.24) is 18.7 Å². The molecule has 0 radical (unpaired) electrons. The molecule has 0 N–H and O–H groups in total. The lowest BCUT2D eigenvalue weighted by Crippen LogP contribution is -2.42. The van der Waals surface area contributed by atoms with E-state index in [1.165, 1.54) is 14.7 Å². The van der Waals surface area contributed by atoms with Crippen molar-refractivity contribution in [2.24, 2.45) is 0 Å². The fourth-order valence-corrected chi connectivity index (χ4v) is 4.83. The maximum Gasteiger partial charge on any atom is 0.337 e. The Hall–Kier alpha value is -3.16. The van der Waals surface area contributed by atoms with Crippen LogP contribution < -0.4 is 11.2 Å². The van der Waals surface area contributed by atoms with E-state index in [0.29, 0.717) is 35.0 Å². The van der Waals surface area contributed by atoms with Gasteiger partial charge in [-0.05, 0) is 41.5 Å². The summed E-state index contributed by atoms with van der Waals surface area (Å²) >= 11 is 6.48. The van der Waals surface area contributed by atoms with Gasteiger partial charge in [0, 0.05) is 13.2 Å². The van der Waals surface area contributed by atoms with Gasteiger partial charge >= 0.3 is 5.69 Å². The molecule has 5 rings (SSSR count). The van der Waals surface area contributed by atoms with Crippen LogP contribution in [0.4, 0.5) is 0 Å². The van der Waals surface area contributed by atoms with Gasteiger partial charge in [0.05, 0.1) is 29.7 Å². The van der Waals surface area contributed by atoms with E-state index in [1.54, 1.807) is 24.5 Å². The van der Waals surface area contributed by atoms with Gasteiger partial charge in [-0.2, -0.15) is 0 Å². The average molecular weight is 493 g/mol. The van der Waals surface area contributed by atoms with Crippen LogP contribution >= 0.6 is 11.6 Å². The van der Waals surface area contributed by atoms with E-state index >= 15 is 0 Å². The molecule has 3 heterocycles. The fourth-order valence-electron chi connectivity index (χ4n) is 4.61. The zero-order valence-electron chi connectivity index (χ0n) is 20.2. The maximum atomic E-state index is 13.7. The zero-order chi connectivity index (χ0) is 24.7. The molecule has 1 unspecified atom stereocenters. The predicted molar refractivity (Wildman–Crippen MR) is 138 cm³/mol. The molecule has 8 heteroatoms. The van der Waals surface area contributed by atoms with Gasteiger partial charge < -0.3 is 9.30 Å². The molecule has 1 fully saturated rings. The Morgan fingerprint density at radius 2 is 1.83 bits per heavy atom. The van der Waals surface area contributed by atoms with Crippen LogP contribution in [0, 0.1) is 0 Å². The summed E-state index contributed by atoms with van der Waals surface area (Å²) in [5.41, 5.74) is 2.65. The highest BCUT2D eigenvalue weighted by Gasteiger charge is 2.24. The van der Waals surface area contributed by atoms with Crippen molar-refractivity contribution in [2.75, 3.05) is 6.61 Å². The van der Waals surface area contributed by atoms with Crippen molar-refractivity contribution >= 4 is 22.8 Å². The molecule has 0 amide bonds. The van der Waals surface area contributed by atoms with Crippen LogP contribution in [0.3, 0.4) is 0 Å². The van der Waals surface area contributed by atoms with Crippen LogP contribution in [0.25, 0.3) is 16.9 Å². The minimum absolute atomic E-state index is 0.0568. The van der Waals surface area contributed by atoms with Crippen LogP contribution in [0.2, 0.25) is 5.02 Å². The normalized spacial score (nSPS) is 16.3. The largest absolute Gasteiger partial charge is 0.376 e. The second-order valence-electron chi connectivity index (χ2n) is 10.1. The molecule has 4 aromatic rings. The Balaban J connectivity index is 1.67. The molecule has 2 aromatic heterocycles. The minimum atomic E-state index is -0.467. The van der Waals surface area contributed by atoms with Crippen molar-refractivity contribution < 1.29 is 4.74 Å². The average Bonchev–Trinajstić information content (AvgIpc) is 3.48. The van der Waals surface area contributed by atoms with Gasteiger partial charge in [-0.3, -0.25) is 9.36 Å². The van der Waals surface area contributed by atoms with E-state index in [-0.39, 0.29) is 23.6 Å². The van der Waals surface area contributed by atoms with E-state index in [0.717, 1.165) is 18.4 Å². The lowest BCUT2D eigenvalue weighted by Gasteiger charge is -2.19. The first-order valence-electron chi connectivity index (χ1n) is 11.9. The second-order valence-corrected chi connectivity index (χ2v) is 10.5. The number of rotatable bonds is 5. The summed E-state index contributed by atoms with van der Waals surface area (Å²) in [6.07, 6.45) is 3.18. The van der Waals surface area contributed by atoms with Gasteiger partial charge in [-0.25, -0.2) is 14.3 Å². The van der Waals surface area contributed by atoms with Gasteiger partial charge in [0.1, 0.15) is 0 Å². The Morgan fingerprint density at radius 3 is 2.49 bits per heavy atom. The van der Waals surface area contributed by atoms with E-state index < -0.39 is 5.69 Å². The first-order chi connectivity index (χ1) is 16.7. The van der Waals surface area contributed by atoms with Gasteiger partial charge in [0.25, 0.3) is 5.56 Å². The summed E-state index contributed by atoms with van der Waals surface area (Å²) in [6.45, 7) is 7.82. The number of para-hydroxylation sites is 1. The molecule has 1 aliphatic heterocycles. The molecular weight excluding hydrogens is 464 g/mol. The Kier molecular flexibility index (Phi) is 6.15. The number of halogens is 1. The third-order valence-corrected chi connectivity index (χ3v) is 6.90. The summed E-state index contributed by atoms with van der Waals surface area (Å²) in [4.78, 5) is 31.8. The van der Waals surface area contributed by atoms with Gasteiger partial charge in [-0.1, -0.05) is 68.8 Å². The number of hydrogen-bond donors (Lipinski definition) is 0. The van der Waals surface area contributed by atoms with Crippen LogP contribution in [0.5, 0.6) is 0 Å². The quantitative estimate of drug-likeness (QED) is 0.410. The lowest BCUT2D eigenvalue weighted by atomic mass is 9.87. The highest BCUT2D eigenvalue weighted by molar-refractivity contribution is 6.32. The summed E-state index contributed by atoms with van der Waals surface area (Å²) in [5.74, 6) is 0. The number of hydrogen-bond acceptors (Lipinski definition) is 4. The number of ether oxygens (including phenoxy) is 1. The van der Waals surface area contributed by atoms with Crippen LogP contribution in [0.15, 0.2) is 64.4 Å². The first-order valence-corrected chi connectivity index (χ1v) is 12.3. The van der Waals surface area contributed by atoms with Gasteiger partial charge in [-0.15, -0.1) is 0 Å². The molecule has 0 bridgehead atoms. The molecule has 1 aliphatic rings. The molecule has 35 heavy (non-hydrogen) atoms. The molecule has 0 saturated carbocycles. The van der Waals surface area contributed by atoms with Crippen molar-refractivity contribution in [2.45, 2.75) is 58.2 Å². The molecule has 1 atom stereocenters.